The van der Waals surface area contributed by atoms with E-state index in [-0.39, 0.29) is 18.3 Å². The fourth-order valence-corrected chi connectivity index (χ4v) is 4.58. The van der Waals surface area contributed by atoms with Crippen LogP contribution in [0.4, 0.5) is 11.4 Å². The van der Waals surface area contributed by atoms with Crippen LogP contribution < -0.4 is 9.80 Å². The summed E-state index contributed by atoms with van der Waals surface area (Å²) in [5, 5.41) is 0. The number of anilines is 2. The van der Waals surface area contributed by atoms with Crippen molar-refractivity contribution < 1.29 is 23.9 Å². The number of imide groups is 1. The van der Waals surface area contributed by atoms with Gasteiger partial charge in [0.2, 0.25) is 0 Å². The van der Waals surface area contributed by atoms with Gasteiger partial charge >= 0.3 is 5.97 Å². The second kappa shape index (κ2) is 10.7. The number of pyridine rings is 1. The predicted molar refractivity (Wildman–Crippen MR) is 141 cm³/mol. The molecule has 3 heterocycles. The number of aromatic nitrogens is 1. The van der Waals surface area contributed by atoms with Gasteiger partial charge in [-0.25, -0.2) is 9.69 Å². The van der Waals surface area contributed by atoms with Crippen molar-refractivity contribution in [1.82, 2.24) is 9.88 Å². The first-order valence-corrected chi connectivity index (χ1v) is 12.4. The topological polar surface area (TPSA) is 100 Å². The van der Waals surface area contributed by atoms with Crippen molar-refractivity contribution in [2.45, 2.75) is 6.92 Å². The van der Waals surface area contributed by atoms with Gasteiger partial charge in [-0.2, -0.15) is 0 Å². The number of piperazine rings is 1. The molecular weight excluding hydrogens is 484 g/mol. The zero-order valence-corrected chi connectivity index (χ0v) is 20.9. The van der Waals surface area contributed by atoms with Crippen molar-refractivity contribution in [3.63, 3.8) is 0 Å². The number of rotatable bonds is 7. The number of hydrogen-bond acceptors (Lipinski definition) is 8. The third kappa shape index (κ3) is 4.90. The molecule has 0 bridgehead atoms. The van der Waals surface area contributed by atoms with Gasteiger partial charge < -0.3 is 14.5 Å². The van der Waals surface area contributed by atoms with E-state index in [1.165, 1.54) is 6.08 Å². The van der Waals surface area contributed by atoms with Crippen LogP contribution in [0.1, 0.15) is 33.2 Å². The lowest BCUT2D eigenvalue weighted by Crippen LogP contribution is -2.47. The molecule has 1 fully saturated rings. The summed E-state index contributed by atoms with van der Waals surface area (Å²) >= 11 is 0. The lowest BCUT2D eigenvalue weighted by Gasteiger charge is -2.37. The predicted octanol–water partition coefficient (Wildman–Crippen LogP) is 3.07. The molecule has 1 saturated heterocycles. The second-order valence-corrected chi connectivity index (χ2v) is 8.87. The van der Waals surface area contributed by atoms with Crippen LogP contribution in [0.15, 0.2) is 84.8 Å². The summed E-state index contributed by atoms with van der Waals surface area (Å²) in [7, 11) is 0. The second-order valence-electron chi connectivity index (χ2n) is 8.87. The maximum absolute atomic E-state index is 13.2. The van der Waals surface area contributed by atoms with Crippen molar-refractivity contribution in [2.75, 3.05) is 42.6 Å². The highest BCUT2D eigenvalue weighted by atomic mass is 16.5. The Labute approximate surface area is 219 Å². The Morgan fingerprint density at radius 2 is 1.45 bits per heavy atom. The van der Waals surface area contributed by atoms with Crippen LogP contribution in [0.2, 0.25) is 0 Å². The van der Waals surface area contributed by atoms with E-state index in [0.29, 0.717) is 54.3 Å². The fraction of sp³-hybridized carbons (Fsp3) is 0.207. The smallest absolute Gasteiger partial charge is 0.338 e. The van der Waals surface area contributed by atoms with E-state index in [9.17, 15) is 19.2 Å². The Bertz CT molecular complexity index is 1390. The number of ketones is 1. The zero-order valence-electron chi connectivity index (χ0n) is 20.9. The SMILES string of the molecule is CCOC(=O)c1ccc(N2C(=O)C=C(N3CCN(c4ccc(C(=O)c5cccnc5)cc4)CC3)C2=O)cc1. The molecule has 1 aromatic heterocycles. The van der Waals surface area contributed by atoms with Gasteiger partial charge in [0.1, 0.15) is 5.70 Å². The first-order chi connectivity index (χ1) is 18.5. The van der Waals surface area contributed by atoms with Gasteiger partial charge in [-0.15, -0.1) is 0 Å². The quantitative estimate of drug-likeness (QED) is 0.272. The first-order valence-electron chi connectivity index (χ1n) is 12.4. The highest BCUT2D eigenvalue weighted by molar-refractivity contribution is 6.30. The monoisotopic (exact) mass is 510 g/mol. The molecule has 9 heteroatoms. The van der Waals surface area contributed by atoms with E-state index in [1.807, 2.05) is 29.2 Å². The molecule has 0 radical (unpaired) electrons. The molecule has 2 amide bonds. The molecule has 2 aliphatic rings. The minimum Gasteiger partial charge on any atom is -0.462 e. The number of hydrogen-bond donors (Lipinski definition) is 0. The molecule has 0 saturated carbocycles. The van der Waals surface area contributed by atoms with Gasteiger partial charge in [0.25, 0.3) is 11.8 Å². The maximum atomic E-state index is 13.2. The number of ether oxygens (including phenoxy) is 1. The van der Waals surface area contributed by atoms with E-state index in [0.717, 1.165) is 10.6 Å². The van der Waals surface area contributed by atoms with E-state index in [4.69, 9.17) is 4.74 Å². The van der Waals surface area contributed by atoms with E-state index >= 15 is 0 Å². The molecule has 2 aromatic carbocycles. The molecule has 3 aromatic rings. The Hall–Kier alpha value is -4.79. The summed E-state index contributed by atoms with van der Waals surface area (Å²) in [5.41, 5.74) is 3.24. The molecule has 0 aliphatic carbocycles. The van der Waals surface area contributed by atoms with Crippen LogP contribution in [-0.4, -0.2) is 66.2 Å². The highest BCUT2D eigenvalue weighted by Gasteiger charge is 2.36. The van der Waals surface area contributed by atoms with Gasteiger partial charge in [-0.1, -0.05) is 0 Å². The molecule has 0 spiro atoms. The van der Waals surface area contributed by atoms with Crippen LogP contribution in [0, 0.1) is 0 Å². The van der Waals surface area contributed by atoms with Crippen molar-refractivity contribution in [3.8, 4) is 0 Å². The third-order valence-corrected chi connectivity index (χ3v) is 6.58. The average molecular weight is 511 g/mol. The summed E-state index contributed by atoms with van der Waals surface area (Å²) in [6.07, 6.45) is 4.56. The van der Waals surface area contributed by atoms with Gasteiger partial charge in [-0.05, 0) is 67.6 Å². The summed E-state index contributed by atoms with van der Waals surface area (Å²) < 4.78 is 4.98. The van der Waals surface area contributed by atoms with Crippen LogP contribution in [0.25, 0.3) is 0 Å². The molecule has 2 aliphatic heterocycles. The van der Waals surface area contributed by atoms with Crippen molar-refractivity contribution in [2.24, 2.45) is 0 Å². The Morgan fingerprint density at radius 3 is 2.08 bits per heavy atom. The van der Waals surface area contributed by atoms with Gasteiger partial charge in [0.05, 0.1) is 17.9 Å². The lowest BCUT2D eigenvalue weighted by atomic mass is 10.0. The van der Waals surface area contributed by atoms with Crippen LogP contribution in [-0.2, 0) is 14.3 Å². The number of carbonyl (C=O) groups excluding carboxylic acids is 4. The van der Waals surface area contributed by atoms with Gasteiger partial charge in [0, 0.05) is 61.5 Å². The molecule has 5 rings (SSSR count). The number of nitrogens with zero attached hydrogens (tertiary/aromatic N) is 4. The first kappa shape index (κ1) is 24.9. The Kier molecular flexibility index (Phi) is 6.99. The molecule has 0 atom stereocenters. The van der Waals surface area contributed by atoms with Crippen LogP contribution in [0.5, 0.6) is 0 Å². The molecule has 9 nitrogen and oxygen atoms in total. The largest absolute Gasteiger partial charge is 0.462 e. The van der Waals surface area contributed by atoms with Crippen LogP contribution >= 0.6 is 0 Å². The molecule has 192 valence electrons. The number of benzene rings is 2. The summed E-state index contributed by atoms with van der Waals surface area (Å²) in [6, 6.07) is 17.2. The minimum atomic E-state index is -0.454. The Balaban J connectivity index is 1.20. The molecule has 0 unspecified atom stereocenters. The molecular formula is C29H26N4O5. The Morgan fingerprint density at radius 1 is 0.816 bits per heavy atom. The lowest BCUT2D eigenvalue weighted by molar-refractivity contribution is -0.121. The number of esters is 1. The summed E-state index contributed by atoms with van der Waals surface area (Å²) in [4.78, 5) is 59.6. The van der Waals surface area contributed by atoms with Gasteiger partial charge in [0.15, 0.2) is 5.78 Å². The van der Waals surface area contributed by atoms with E-state index in [2.05, 4.69) is 9.88 Å². The van der Waals surface area contributed by atoms with Crippen molar-refractivity contribution in [3.05, 3.63) is 102 Å². The highest BCUT2D eigenvalue weighted by Crippen LogP contribution is 2.27. The fourth-order valence-electron chi connectivity index (χ4n) is 4.58. The zero-order chi connectivity index (χ0) is 26.6. The van der Waals surface area contributed by atoms with E-state index in [1.54, 1.807) is 55.7 Å². The summed E-state index contributed by atoms with van der Waals surface area (Å²) in [6.45, 7) is 4.44. The third-order valence-electron chi connectivity index (χ3n) is 6.58. The normalized spacial score (nSPS) is 15.5. The van der Waals surface area contributed by atoms with Crippen molar-refractivity contribution in [1.29, 1.82) is 0 Å². The maximum Gasteiger partial charge on any atom is 0.338 e. The molecule has 38 heavy (non-hydrogen) atoms. The number of carbonyl (C=O) groups is 4. The van der Waals surface area contributed by atoms with Crippen molar-refractivity contribution >= 4 is 34.9 Å². The standard InChI is InChI=1S/C29H26N4O5/c1-2-38-29(37)21-7-11-24(12-8-21)33-26(34)18-25(28(33)36)32-16-14-31(15-17-32)23-9-5-20(6-10-23)27(35)22-4-3-13-30-19-22/h3-13,18-19H,2,14-17H2,1H3. The average Bonchev–Trinajstić information content (AvgIpc) is 3.27. The summed E-state index contributed by atoms with van der Waals surface area (Å²) in [5.74, 6) is -1.33. The van der Waals surface area contributed by atoms with E-state index < -0.39 is 11.9 Å². The van der Waals surface area contributed by atoms with Crippen LogP contribution in [0.3, 0.4) is 0 Å². The molecule has 0 N–H and O–H groups in total. The minimum absolute atomic E-state index is 0.0779. The van der Waals surface area contributed by atoms with Gasteiger partial charge in [-0.3, -0.25) is 19.4 Å². The number of amides is 2.